The number of hydrogen-bond donors (Lipinski definition) is 1. The van der Waals surface area contributed by atoms with E-state index in [1.54, 1.807) is 0 Å². The van der Waals surface area contributed by atoms with Crippen LogP contribution < -0.4 is 5.32 Å². The molecule has 1 aliphatic rings. The van der Waals surface area contributed by atoms with Crippen LogP contribution in [0.15, 0.2) is 12.2 Å². The van der Waals surface area contributed by atoms with Crippen LogP contribution in [-0.4, -0.2) is 36.6 Å². The minimum atomic E-state index is 0.693. The molecule has 1 heterocycles. The fraction of sp³-hybridized carbons (Fsp3) is 0.846. The molecule has 2 heteroatoms. The number of nitrogens with one attached hydrogen (secondary N) is 1. The van der Waals surface area contributed by atoms with E-state index in [9.17, 15) is 0 Å². The third-order valence-corrected chi connectivity index (χ3v) is 3.40. The highest BCUT2D eigenvalue weighted by molar-refractivity contribution is 4.92. The van der Waals surface area contributed by atoms with Gasteiger partial charge in [-0.05, 0) is 26.2 Å². The molecule has 15 heavy (non-hydrogen) atoms. The molecule has 1 rings (SSSR count). The maximum absolute atomic E-state index is 3.99. The van der Waals surface area contributed by atoms with Gasteiger partial charge in [0.05, 0.1) is 0 Å². The van der Waals surface area contributed by atoms with Crippen molar-refractivity contribution in [3.8, 4) is 0 Å². The fourth-order valence-corrected chi connectivity index (χ4v) is 2.21. The summed E-state index contributed by atoms with van der Waals surface area (Å²) in [7, 11) is 0. The van der Waals surface area contributed by atoms with E-state index in [-0.39, 0.29) is 0 Å². The van der Waals surface area contributed by atoms with Crippen LogP contribution in [0.4, 0.5) is 0 Å². The first-order chi connectivity index (χ1) is 7.17. The first-order valence-electron chi connectivity index (χ1n) is 6.29. The van der Waals surface area contributed by atoms with Gasteiger partial charge < -0.3 is 5.32 Å². The van der Waals surface area contributed by atoms with Crippen molar-refractivity contribution in [3.63, 3.8) is 0 Å². The quantitative estimate of drug-likeness (QED) is 0.701. The van der Waals surface area contributed by atoms with Crippen LogP contribution in [0.3, 0.4) is 0 Å². The van der Waals surface area contributed by atoms with Crippen molar-refractivity contribution in [1.82, 2.24) is 10.2 Å². The summed E-state index contributed by atoms with van der Waals surface area (Å²) in [5.74, 6) is 0. The maximum atomic E-state index is 3.99. The smallest absolute Gasteiger partial charge is 0.0218 e. The van der Waals surface area contributed by atoms with Crippen molar-refractivity contribution in [2.24, 2.45) is 0 Å². The van der Waals surface area contributed by atoms with Crippen molar-refractivity contribution in [1.29, 1.82) is 0 Å². The predicted molar refractivity (Wildman–Crippen MR) is 67.2 cm³/mol. The Labute approximate surface area is 94.7 Å². The molecular formula is C13H26N2. The topological polar surface area (TPSA) is 15.3 Å². The van der Waals surface area contributed by atoms with Crippen LogP contribution in [0.2, 0.25) is 0 Å². The highest BCUT2D eigenvalue weighted by Crippen LogP contribution is 2.13. The second-order valence-electron chi connectivity index (χ2n) is 4.78. The molecule has 1 aliphatic heterocycles. The van der Waals surface area contributed by atoms with Crippen LogP contribution in [0.5, 0.6) is 0 Å². The Morgan fingerprint density at radius 2 is 2.13 bits per heavy atom. The standard InChI is InChI=1S/C13H26N2/c1-5-12-10-15(8-7-11(3)4)13(6-2)9-14-12/h12-14H,3,5-10H2,1-2,4H3. The molecule has 1 fully saturated rings. The molecule has 2 atom stereocenters. The molecule has 0 radical (unpaired) electrons. The predicted octanol–water partition coefficient (Wildman–Crippen LogP) is 2.42. The van der Waals surface area contributed by atoms with Gasteiger partial charge in [-0.3, -0.25) is 4.90 Å². The molecule has 0 spiro atoms. The number of piperazine rings is 1. The first kappa shape index (κ1) is 12.7. The van der Waals surface area contributed by atoms with E-state index < -0.39 is 0 Å². The van der Waals surface area contributed by atoms with Gasteiger partial charge >= 0.3 is 0 Å². The minimum Gasteiger partial charge on any atom is -0.311 e. The first-order valence-corrected chi connectivity index (χ1v) is 6.29. The molecule has 88 valence electrons. The van der Waals surface area contributed by atoms with Gasteiger partial charge in [0.1, 0.15) is 0 Å². The zero-order valence-corrected chi connectivity index (χ0v) is 10.6. The lowest BCUT2D eigenvalue weighted by atomic mass is 10.0. The zero-order valence-electron chi connectivity index (χ0n) is 10.6. The average Bonchev–Trinajstić information content (AvgIpc) is 2.25. The highest BCUT2D eigenvalue weighted by Gasteiger charge is 2.24. The molecule has 0 amide bonds. The number of hydrogen-bond acceptors (Lipinski definition) is 2. The second-order valence-corrected chi connectivity index (χ2v) is 4.78. The lowest BCUT2D eigenvalue weighted by molar-refractivity contribution is 0.126. The SMILES string of the molecule is C=C(C)CCN1CC(CC)NCC1CC. The third-order valence-electron chi connectivity index (χ3n) is 3.40. The molecule has 0 saturated carbocycles. The summed E-state index contributed by atoms with van der Waals surface area (Å²) < 4.78 is 0. The van der Waals surface area contributed by atoms with E-state index in [1.807, 2.05) is 0 Å². The average molecular weight is 210 g/mol. The zero-order chi connectivity index (χ0) is 11.3. The van der Waals surface area contributed by atoms with Crippen molar-refractivity contribution in [2.45, 2.75) is 52.1 Å². The Morgan fingerprint density at radius 3 is 2.67 bits per heavy atom. The van der Waals surface area contributed by atoms with E-state index >= 15 is 0 Å². The van der Waals surface area contributed by atoms with E-state index in [1.165, 1.54) is 31.5 Å². The summed E-state index contributed by atoms with van der Waals surface area (Å²) in [6.45, 7) is 14.2. The normalized spacial score (nSPS) is 27.9. The largest absolute Gasteiger partial charge is 0.311 e. The van der Waals surface area contributed by atoms with Crippen molar-refractivity contribution < 1.29 is 0 Å². The van der Waals surface area contributed by atoms with E-state index in [4.69, 9.17) is 0 Å². The molecule has 0 bridgehead atoms. The van der Waals surface area contributed by atoms with Crippen molar-refractivity contribution in [2.75, 3.05) is 19.6 Å². The molecular weight excluding hydrogens is 184 g/mol. The van der Waals surface area contributed by atoms with E-state index in [0.29, 0.717) is 6.04 Å². The van der Waals surface area contributed by atoms with Gasteiger partial charge in [-0.15, -0.1) is 6.58 Å². The summed E-state index contributed by atoms with van der Waals surface area (Å²) >= 11 is 0. The van der Waals surface area contributed by atoms with Gasteiger partial charge in [0.15, 0.2) is 0 Å². The van der Waals surface area contributed by atoms with Gasteiger partial charge in [-0.25, -0.2) is 0 Å². The van der Waals surface area contributed by atoms with Crippen LogP contribution in [0.25, 0.3) is 0 Å². The summed E-state index contributed by atoms with van der Waals surface area (Å²) in [5, 5.41) is 3.62. The summed E-state index contributed by atoms with van der Waals surface area (Å²) in [6, 6.07) is 1.42. The minimum absolute atomic E-state index is 0.693. The van der Waals surface area contributed by atoms with Gasteiger partial charge in [0.2, 0.25) is 0 Å². The molecule has 2 nitrogen and oxygen atoms in total. The van der Waals surface area contributed by atoms with Crippen LogP contribution in [-0.2, 0) is 0 Å². The number of rotatable bonds is 5. The van der Waals surface area contributed by atoms with E-state index in [0.717, 1.165) is 19.0 Å². The number of nitrogens with zero attached hydrogens (tertiary/aromatic N) is 1. The molecule has 2 unspecified atom stereocenters. The Balaban J connectivity index is 2.43. The lowest BCUT2D eigenvalue weighted by Gasteiger charge is -2.40. The van der Waals surface area contributed by atoms with E-state index in [2.05, 4.69) is 37.6 Å². The Bertz CT molecular complexity index is 201. The highest BCUT2D eigenvalue weighted by atomic mass is 15.2. The van der Waals surface area contributed by atoms with Gasteiger partial charge in [0, 0.05) is 31.7 Å². The van der Waals surface area contributed by atoms with Gasteiger partial charge in [-0.2, -0.15) is 0 Å². The van der Waals surface area contributed by atoms with Crippen molar-refractivity contribution in [3.05, 3.63) is 12.2 Å². The Kier molecular flexibility index (Phi) is 5.34. The molecule has 1 saturated heterocycles. The summed E-state index contributed by atoms with van der Waals surface area (Å²) in [5.41, 5.74) is 1.30. The Hall–Kier alpha value is -0.340. The van der Waals surface area contributed by atoms with Crippen LogP contribution in [0.1, 0.15) is 40.0 Å². The van der Waals surface area contributed by atoms with Gasteiger partial charge in [0.25, 0.3) is 0 Å². The second kappa shape index (κ2) is 6.29. The molecule has 0 aliphatic carbocycles. The monoisotopic (exact) mass is 210 g/mol. The fourth-order valence-electron chi connectivity index (χ4n) is 2.21. The van der Waals surface area contributed by atoms with Crippen LogP contribution in [0, 0.1) is 0 Å². The Morgan fingerprint density at radius 1 is 1.40 bits per heavy atom. The van der Waals surface area contributed by atoms with Gasteiger partial charge in [-0.1, -0.05) is 19.4 Å². The summed E-state index contributed by atoms with van der Waals surface area (Å²) in [4.78, 5) is 2.64. The van der Waals surface area contributed by atoms with Crippen molar-refractivity contribution >= 4 is 0 Å². The molecule has 0 aromatic heterocycles. The summed E-state index contributed by atoms with van der Waals surface area (Å²) in [6.07, 6.45) is 3.63. The molecule has 0 aromatic rings. The molecule has 0 aromatic carbocycles. The molecule has 1 N–H and O–H groups in total. The third kappa shape index (κ3) is 3.96. The lowest BCUT2D eigenvalue weighted by Crippen LogP contribution is -2.56. The van der Waals surface area contributed by atoms with Crippen LogP contribution >= 0.6 is 0 Å². The maximum Gasteiger partial charge on any atom is 0.0218 e.